The molecule has 0 N–H and O–H groups in total. The molecule has 2 heterocycles. The molecule has 1 fully saturated rings. The summed E-state index contributed by atoms with van der Waals surface area (Å²) in [6.45, 7) is 1.78. The van der Waals surface area contributed by atoms with Gasteiger partial charge in [0.1, 0.15) is 0 Å². The normalized spacial score (nSPS) is 15.3. The molecule has 2 aromatic rings. The zero-order chi connectivity index (χ0) is 12.5. The Bertz CT molecular complexity index is 597. The van der Waals surface area contributed by atoms with Crippen LogP contribution < -0.4 is 10.7 Å². The molecule has 5 nitrogen and oxygen atoms in total. The summed E-state index contributed by atoms with van der Waals surface area (Å²) in [7, 11) is 0. The third-order valence-corrected chi connectivity index (χ3v) is 3.24. The Balaban J connectivity index is 1.97. The van der Waals surface area contributed by atoms with Crippen LogP contribution in [-0.2, 0) is 0 Å². The van der Waals surface area contributed by atoms with Gasteiger partial charge in [-0.2, -0.15) is 4.68 Å². The maximum atomic E-state index is 11.8. The molecule has 94 valence electrons. The van der Waals surface area contributed by atoms with Gasteiger partial charge in [0.15, 0.2) is 0 Å². The highest BCUT2D eigenvalue weighted by molar-refractivity contribution is 6.30. The molecule has 0 aliphatic carbocycles. The lowest BCUT2D eigenvalue weighted by Gasteiger charge is -2.09. The van der Waals surface area contributed by atoms with Gasteiger partial charge in [0.25, 0.3) is 0 Å². The Morgan fingerprint density at radius 2 is 1.83 bits per heavy atom. The number of aromatic nitrogens is 2. The van der Waals surface area contributed by atoms with Crippen molar-refractivity contribution in [2.75, 3.05) is 18.0 Å². The van der Waals surface area contributed by atoms with Crippen molar-refractivity contribution in [3.8, 4) is 5.69 Å². The van der Waals surface area contributed by atoms with E-state index < -0.39 is 5.76 Å². The van der Waals surface area contributed by atoms with Gasteiger partial charge >= 0.3 is 11.8 Å². The molecule has 0 spiro atoms. The number of benzene rings is 1. The average Bonchev–Trinajstić information content (AvgIpc) is 2.99. The van der Waals surface area contributed by atoms with Crippen LogP contribution in [0.2, 0.25) is 5.02 Å². The molecule has 0 bridgehead atoms. The minimum absolute atomic E-state index is 0.396. The highest BCUT2D eigenvalue weighted by Crippen LogP contribution is 2.17. The van der Waals surface area contributed by atoms with E-state index in [1.165, 1.54) is 4.68 Å². The van der Waals surface area contributed by atoms with E-state index in [1.54, 1.807) is 24.3 Å². The van der Waals surface area contributed by atoms with Gasteiger partial charge in [-0.05, 0) is 37.1 Å². The molecular weight excluding hydrogens is 254 g/mol. The van der Waals surface area contributed by atoms with Crippen molar-refractivity contribution in [1.82, 2.24) is 9.78 Å². The molecular formula is C12H12ClN3O2. The monoisotopic (exact) mass is 265 g/mol. The van der Waals surface area contributed by atoms with Crippen LogP contribution >= 0.6 is 11.6 Å². The van der Waals surface area contributed by atoms with Crippen molar-refractivity contribution in [2.24, 2.45) is 0 Å². The third-order valence-electron chi connectivity index (χ3n) is 2.98. The van der Waals surface area contributed by atoms with Crippen molar-refractivity contribution in [3.63, 3.8) is 0 Å². The summed E-state index contributed by atoms with van der Waals surface area (Å²) < 4.78 is 6.43. The van der Waals surface area contributed by atoms with E-state index in [1.807, 2.05) is 4.90 Å². The van der Waals surface area contributed by atoms with Crippen LogP contribution in [0, 0.1) is 0 Å². The van der Waals surface area contributed by atoms with Crippen molar-refractivity contribution in [2.45, 2.75) is 12.8 Å². The Morgan fingerprint density at radius 1 is 1.17 bits per heavy atom. The van der Waals surface area contributed by atoms with E-state index >= 15 is 0 Å². The highest BCUT2D eigenvalue weighted by atomic mass is 35.5. The highest BCUT2D eigenvalue weighted by Gasteiger charge is 2.19. The summed E-state index contributed by atoms with van der Waals surface area (Å²) in [5.41, 5.74) is 0.651. The van der Waals surface area contributed by atoms with E-state index in [2.05, 4.69) is 5.10 Å². The minimum atomic E-state index is -0.473. The zero-order valence-electron chi connectivity index (χ0n) is 9.67. The molecule has 1 aromatic heterocycles. The smallest absolute Gasteiger partial charge is 0.373 e. The fraction of sp³-hybridized carbons (Fsp3) is 0.333. The van der Waals surface area contributed by atoms with Crippen LogP contribution in [0.25, 0.3) is 5.69 Å². The summed E-state index contributed by atoms with van der Waals surface area (Å²) in [5, 5.41) is 4.83. The first-order valence-electron chi connectivity index (χ1n) is 5.85. The van der Waals surface area contributed by atoms with Crippen LogP contribution in [0.1, 0.15) is 12.8 Å². The summed E-state index contributed by atoms with van der Waals surface area (Å²) in [5.74, 6) is -0.473. The van der Waals surface area contributed by atoms with Crippen LogP contribution in [0.15, 0.2) is 33.5 Å². The predicted octanol–water partition coefficient (Wildman–Crippen LogP) is 2.08. The second-order valence-electron chi connectivity index (χ2n) is 4.23. The van der Waals surface area contributed by atoms with Crippen LogP contribution in [0.5, 0.6) is 0 Å². The van der Waals surface area contributed by atoms with Crippen molar-refractivity contribution < 1.29 is 4.42 Å². The van der Waals surface area contributed by atoms with E-state index in [0.29, 0.717) is 16.7 Å². The van der Waals surface area contributed by atoms with Gasteiger partial charge in [0, 0.05) is 18.1 Å². The molecule has 6 heteroatoms. The van der Waals surface area contributed by atoms with E-state index in [0.717, 1.165) is 25.9 Å². The Morgan fingerprint density at radius 3 is 2.50 bits per heavy atom. The van der Waals surface area contributed by atoms with E-state index in [-0.39, 0.29) is 0 Å². The molecule has 0 amide bonds. The van der Waals surface area contributed by atoms with Crippen molar-refractivity contribution in [3.05, 3.63) is 39.8 Å². The molecule has 1 aromatic carbocycles. The Hall–Kier alpha value is -1.75. The second kappa shape index (κ2) is 4.49. The van der Waals surface area contributed by atoms with Crippen LogP contribution in [0.3, 0.4) is 0 Å². The maximum Gasteiger partial charge on any atom is 0.443 e. The lowest BCUT2D eigenvalue weighted by Crippen LogP contribution is -2.18. The lowest BCUT2D eigenvalue weighted by atomic mass is 10.3. The molecule has 1 saturated heterocycles. The minimum Gasteiger partial charge on any atom is -0.373 e. The van der Waals surface area contributed by atoms with Crippen molar-refractivity contribution in [1.29, 1.82) is 0 Å². The lowest BCUT2D eigenvalue weighted by molar-refractivity contribution is 0.499. The van der Waals surface area contributed by atoms with Gasteiger partial charge in [-0.3, -0.25) is 0 Å². The first-order chi connectivity index (χ1) is 8.74. The van der Waals surface area contributed by atoms with Gasteiger partial charge in [0.05, 0.1) is 5.69 Å². The molecule has 1 aliphatic rings. The number of halogens is 1. The molecule has 0 unspecified atom stereocenters. The van der Waals surface area contributed by atoms with Crippen LogP contribution in [-0.4, -0.2) is 22.9 Å². The fourth-order valence-corrected chi connectivity index (χ4v) is 2.18. The van der Waals surface area contributed by atoms with Gasteiger partial charge in [-0.25, -0.2) is 4.79 Å². The molecule has 0 radical (unpaired) electrons. The third kappa shape index (κ3) is 2.01. The fourth-order valence-electron chi connectivity index (χ4n) is 2.05. The number of anilines is 1. The second-order valence-corrected chi connectivity index (χ2v) is 4.67. The first-order valence-corrected chi connectivity index (χ1v) is 6.23. The SMILES string of the molecule is O=c1oc(N2CCCC2)nn1-c1ccc(Cl)cc1. The van der Waals surface area contributed by atoms with E-state index in [9.17, 15) is 4.79 Å². The largest absolute Gasteiger partial charge is 0.443 e. The maximum absolute atomic E-state index is 11.8. The molecule has 0 saturated carbocycles. The summed E-state index contributed by atoms with van der Waals surface area (Å²) in [4.78, 5) is 13.7. The van der Waals surface area contributed by atoms with Gasteiger partial charge in [0.2, 0.25) is 0 Å². The zero-order valence-corrected chi connectivity index (χ0v) is 10.4. The van der Waals surface area contributed by atoms with Gasteiger partial charge in [-0.1, -0.05) is 11.6 Å². The van der Waals surface area contributed by atoms with E-state index in [4.69, 9.17) is 16.0 Å². The summed E-state index contributed by atoms with van der Waals surface area (Å²) in [6, 6.07) is 7.30. The van der Waals surface area contributed by atoms with Gasteiger partial charge in [-0.15, -0.1) is 5.10 Å². The Labute approximate surface area is 109 Å². The predicted molar refractivity (Wildman–Crippen MR) is 68.6 cm³/mol. The molecule has 0 atom stereocenters. The van der Waals surface area contributed by atoms with Crippen molar-refractivity contribution >= 4 is 17.6 Å². The number of rotatable bonds is 2. The summed E-state index contributed by atoms with van der Waals surface area (Å²) >= 11 is 5.81. The number of nitrogens with zero attached hydrogens (tertiary/aromatic N) is 3. The summed E-state index contributed by atoms with van der Waals surface area (Å²) in [6.07, 6.45) is 2.22. The number of hydrogen-bond donors (Lipinski definition) is 0. The molecule has 18 heavy (non-hydrogen) atoms. The first kappa shape index (κ1) is 11.3. The van der Waals surface area contributed by atoms with Gasteiger partial charge < -0.3 is 9.32 Å². The molecule has 3 rings (SSSR count). The molecule has 1 aliphatic heterocycles. The number of hydrogen-bond acceptors (Lipinski definition) is 4. The topological polar surface area (TPSA) is 51.3 Å². The Kier molecular flexibility index (Phi) is 2.83. The average molecular weight is 266 g/mol. The quantitative estimate of drug-likeness (QED) is 0.834. The standard InChI is InChI=1S/C12H12ClN3O2/c13-9-3-5-10(6-4-9)16-12(17)18-11(14-16)15-7-1-2-8-15/h3-6H,1-2,7-8H2. The van der Waals surface area contributed by atoms with Crippen LogP contribution in [0.4, 0.5) is 6.01 Å².